The normalized spacial score (nSPS) is 10.0. The molecule has 0 aromatic heterocycles. The van der Waals surface area contributed by atoms with Crippen molar-refractivity contribution in [2.24, 2.45) is 0 Å². The lowest BCUT2D eigenvalue weighted by atomic mass is 10.2. The molecule has 1 rings (SSSR count). The largest absolute Gasteiger partial charge is 0.478 e. The molecule has 6 heteroatoms. The van der Waals surface area contributed by atoms with Crippen LogP contribution in [0.5, 0.6) is 0 Å². The SMILES string of the molecule is CCNCC(=O)Nc1ccc(Cl)c(C(=O)O)c1. The lowest BCUT2D eigenvalue weighted by Gasteiger charge is -2.07. The number of carboxylic acid groups (broad SMARTS) is 1. The number of halogens is 1. The lowest BCUT2D eigenvalue weighted by molar-refractivity contribution is -0.115. The van der Waals surface area contributed by atoms with Crippen molar-refractivity contribution in [3.8, 4) is 0 Å². The number of anilines is 1. The van der Waals surface area contributed by atoms with Gasteiger partial charge in [-0.25, -0.2) is 4.79 Å². The van der Waals surface area contributed by atoms with Gasteiger partial charge >= 0.3 is 5.97 Å². The second-order valence-electron chi connectivity index (χ2n) is 3.33. The molecule has 0 aliphatic heterocycles. The summed E-state index contributed by atoms with van der Waals surface area (Å²) in [6.45, 7) is 2.76. The fourth-order valence-corrected chi connectivity index (χ4v) is 1.41. The van der Waals surface area contributed by atoms with Crippen molar-refractivity contribution in [3.05, 3.63) is 28.8 Å². The zero-order valence-corrected chi connectivity index (χ0v) is 10.0. The van der Waals surface area contributed by atoms with E-state index < -0.39 is 5.97 Å². The molecule has 17 heavy (non-hydrogen) atoms. The molecule has 0 unspecified atom stereocenters. The minimum atomic E-state index is -1.13. The number of aromatic carboxylic acids is 1. The van der Waals surface area contributed by atoms with Crippen LogP contribution in [0.1, 0.15) is 17.3 Å². The summed E-state index contributed by atoms with van der Waals surface area (Å²) >= 11 is 5.71. The van der Waals surface area contributed by atoms with Crippen LogP contribution in [-0.2, 0) is 4.79 Å². The maximum absolute atomic E-state index is 11.4. The molecule has 0 radical (unpaired) electrons. The van der Waals surface area contributed by atoms with Crippen LogP contribution in [0, 0.1) is 0 Å². The standard InChI is InChI=1S/C11H13ClN2O3/c1-2-13-6-10(15)14-7-3-4-9(12)8(5-7)11(16)17/h3-5,13H,2,6H2,1H3,(H,14,15)(H,16,17). The summed E-state index contributed by atoms with van der Waals surface area (Å²) in [6.07, 6.45) is 0. The number of likely N-dealkylation sites (N-methyl/N-ethyl adjacent to an activating group) is 1. The second kappa shape index (κ2) is 6.22. The Hall–Kier alpha value is -1.59. The number of benzene rings is 1. The van der Waals surface area contributed by atoms with Gasteiger partial charge in [-0.2, -0.15) is 0 Å². The number of hydrogen-bond donors (Lipinski definition) is 3. The van der Waals surface area contributed by atoms with E-state index in [4.69, 9.17) is 16.7 Å². The molecule has 0 aliphatic carbocycles. The summed E-state index contributed by atoms with van der Waals surface area (Å²) < 4.78 is 0. The highest BCUT2D eigenvalue weighted by molar-refractivity contribution is 6.33. The molecule has 5 nitrogen and oxygen atoms in total. The summed E-state index contributed by atoms with van der Waals surface area (Å²) in [6, 6.07) is 4.32. The van der Waals surface area contributed by atoms with Gasteiger partial charge in [0.15, 0.2) is 0 Å². The van der Waals surface area contributed by atoms with E-state index in [1.165, 1.54) is 12.1 Å². The maximum Gasteiger partial charge on any atom is 0.337 e. The van der Waals surface area contributed by atoms with E-state index in [0.717, 1.165) is 0 Å². The van der Waals surface area contributed by atoms with Gasteiger partial charge in [0.05, 0.1) is 17.1 Å². The summed E-state index contributed by atoms with van der Waals surface area (Å²) in [5, 5.41) is 14.4. The number of hydrogen-bond acceptors (Lipinski definition) is 3. The summed E-state index contributed by atoms with van der Waals surface area (Å²) in [5.74, 6) is -1.36. The zero-order chi connectivity index (χ0) is 12.8. The zero-order valence-electron chi connectivity index (χ0n) is 9.29. The van der Waals surface area contributed by atoms with Gasteiger partial charge in [-0.3, -0.25) is 4.79 Å². The highest BCUT2D eigenvalue weighted by Gasteiger charge is 2.10. The van der Waals surface area contributed by atoms with Gasteiger partial charge in [0.2, 0.25) is 5.91 Å². The van der Waals surface area contributed by atoms with Crippen LogP contribution in [0.15, 0.2) is 18.2 Å². The second-order valence-corrected chi connectivity index (χ2v) is 3.74. The predicted molar refractivity (Wildman–Crippen MR) is 65.6 cm³/mol. The number of carboxylic acids is 1. The van der Waals surface area contributed by atoms with Crippen LogP contribution >= 0.6 is 11.6 Å². The Morgan fingerprint density at radius 3 is 2.71 bits per heavy atom. The monoisotopic (exact) mass is 256 g/mol. The molecular weight excluding hydrogens is 244 g/mol. The first-order chi connectivity index (χ1) is 8.04. The summed E-state index contributed by atoms with van der Waals surface area (Å²) in [4.78, 5) is 22.2. The Morgan fingerprint density at radius 2 is 2.12 bits per heavy atom. The van der Waals surface area contributed by atoms with Gasteiger partial charge in [-0.15, -0.1) is 0 Å². The smallest absolute Gasteiger partial charge is 0.337 e. The topological polar surface area (TPSA) is 78.4 Å². The van der Waals surface area contributed by atoms with Crippen molar-refractivity contribution in [3.63, 3.8) is 0 Å². The molecular formula is C11H13ClN2O3. The predicted octanol–water partition coefficient (Wildman–Crippen LogP) is 1.59. The van der Waals surface area contributed by atoms with Crippen molar-refractivity contribution in [1.82, 2.24) is 5.32 Å². The van der Waals surface area contributed by atoms with Gasteiger partial charge in [-0.1, -0.05) is 18.5 Å². The number of carbonyl (C=O) groups excluding carboxylic acids is 1. The first-order valence-corrected chi connectivity index (χ1v) is 5.45. The van der Waals surface area contributed by atoms with Gasteiger partial charge in [0.1, 0.15) is 0 Å². The number of rotatable bonds is 5. The van der Waals surface area contributed by atoms with E-state index in [0.29, 0.717) is 12.2 Å². The van der Waals surface area contributed by atoms with Crippen molar-refractivity contribution in [2.75, 3.05) is 18.4 Å². The minimum absolute atomic E-state index is 0.0343. The number of carbonyl (C=O) groups is 2. The molecule has 1 amide bonds. The average Bonchev–Trinajstić information content (AvgIpc) is 2.28. The molecule has 0 saturated heterocycles. The Labute approximate surface area is 104 Å². The fraction of sp³-hybridized carbons (Fsp3) is 0.273. The molecule has 1 aromatic rings. The van der Waals surface area contributed by atoms with Crippen LogP contribution in [0.25, 0.3) is 0 Å². The van der Waals surface area contributed by atoms with E-state index in [9.17, 15) is 9.59 Å². The highest BCUT2D eigenvalue weighted by atomic mass is 35.5. The van der Waals surface area contributed by atoms with Crippen LogP contribution in [-0.4, -0.2) is 30.1 Å². The van der Waals surface area contributed by atoms with Crippen LogP contribution in [0.2, 0.25) is 5.02 Å². The molecule has 1 aromatic carbocycles. The van der Waals surface area contributed by atoms with E-state index in [-0.39, 0.29) is 23.0 Å². The van der Waals surface area contributed by atoms with Crippen LogP contribution in [0.3, 0.4) is 0 Å². The summed E-state index contributed by atoms with van der Waals surface area (Å²) in [5.41, 5.74) is 0.377. The van der Waals surface area contributed by atoms with E-state index in [2.05, 4.69) is 10.6 Å². The van der Waals surface area contributed by atoms with Crippen molar-refractivity contribution < 1.29 is 14.7 Å². The molecule has 0 atom stereocenters. The molecule has 3 N–H and O–H groups in total. The first-order valence-electron chi connectivity index (χ1n) is 5.08. The molecule has 0 saturated carbocycles. The van der Waals surface area contributed by atoms with Crippen LogP contribution in [0.4, 0.5) is 5.69 Å². The molecule has 0 bridgehead atoms. The van der Waals surface area contributed by atoms with E-state index in [1.54, 1.807) is 6.07 Å². The van der Waals surface area contributed by atoms with Crippen molar-refractivity contribution >= 4 is 29.2 Å². The molecule has 0 spiro atoms. The maximum atomic E-state index is 11.4. The molecule has 0 fully saturated rings. The minimum Gasteiger partial charge on any atom is -0.478 e. The van der Waals surface area contributed by atoms with E-state index >= 15 is 0 Å². The quantitative estimate of drug-likeness (QED) is 0.748. The third-order valence-electron chi connectivity index (χ3n) is 2.02. The highest BCUT2D eigenvalue weighted by Crippen LogP contribution is 2.20. The Morgan fingerprint density at radius 1 is 1.41 bits per heavy atom. The number of nitrogens with one attached hydrogen (secondary N) is 2. The average molecular weight is 257 g/mol. The summed E-state index contributed by atoms with van der Waals surface area (Å²) in [7, 11) is 0. The lowest BCUT2D eigenvalue weighted by Crippen LogP contribution is -2.27. The molecule has 0 heterocycles. The van der Waals surface area contributed by atoms with Crippen molar-refractivity contribution in [1.29, 1.82) is 0 Å². The van der Waals surface area contributed by atoms with Crippen LogP contribution < -0.4 is 10.6 Å². The molecule has 92 valence electrons. The third kappa shape index (κ3) is 4.05. The van der Waals surface area contributed by atoms with Crippen molar-refractivity contribution in [2.45, 2.75) is 6.92 Å². The van der Waals surface area contributed by atoms with Gasteiger partial charge < -0.3 is 15.7 Å². The first kappa shape index (κ1) is 13.5. The van der Waals surface area contributed by atoms with E-state index in [1.807, 2.05) is 6.92 Å². The Bertz CT molecular complexity index is 435. The third-order valence-corrected chi connectivity index (χ3v) is 2.35. The van der Waals surface area contributed by atoms with Gasteiger partial charge in [-0.05, 0) is 24.7 Å². The Balaban J connectivity index is 2.75. The fourth-order valence-electron chi connectivity index (χ4n) is 1.21. The van der Waals surface area contributed by atoms with Gasteiger partial charge in [0.25, 0.3) is 0 Å². The Kier molecular flexibility index (Phi) is 4.93. The number of amides is 1. The van der Waals surface area contributed by atoms with Gasteiger partial charge in [0, 0.05) is 5.69 Å². The molecule has 0 aliphatic rings.